The first-order chi connectivity index (χ1) is 12.6. The average molecular weight is 429 g/mol. The molecule has 0 aliphatic rings. The lowest BCUT2D eigenvalue weighted by atomic mass is 10.2. The fraction of sp³-hybridized carbons (Fsp3) is 0. The van der Waals surface area contributed by atoms with Gasteiger partial charge in [-0.05, 0) is 36.4 Å². The molecule has 1 amide bonds. The molecule has 3 aromatic heterocycles. The number of anilines is 1. The molecule has 1 N–H and O–H groups in total. The summed E-state index contributed by atoms with van der Waals surface area (Å²) >= 11 is 4.54. The second-order valence-corrected chi connectivity index (χ2v) is 7.13. The quantitative estimate of drug-likeness (QED) is 0.499. The van der Waals surface area contributed by atoms with Gasteiger partial charge < -0.3 is 4.42 Å². The Morgan fingerprint density at radius 2 is 2.08 bits per heavy atom. The van der Waals surface area contributed by atoms with Crippen molar-refractivity contribution in [1.82, 2.24) is 15.2 Å². The predicted octanol–water partition coefficient (Wildman–Crippen LogP) is 3.72. The molecule has 0 atom stereocenters. The van der Waals surface area contributed by atoms with Crippen LogP contribution in [0.4, 0.5) is 5.13 Å². The largest absolute Gasteiger partial charge is 0.422 e. The highest BCUT2D eigenvalue weighted by Crippen LogP contribution is 2.26. The molecular formula is C17H9BrN4O3S. The number of fused-ring (bicyclic) bond motifs is 1. The summed E-state index contributed by atoms with van der Waals surface area (Å²) in [6.07, 6.45) is 3.31. The van der Waals surface area contributed by atoms with Gasteiger partial charge in [0.05, 0.1) is 0 Å². The molecule has 1 aromatic carbocycles. The summed E-state index contributed by atoms with van der Waals surface area (Å²) in [6, 6.07) is 10.3. The van der Waals surface area contributed by atoms with E-state index in [0.29, 0.717) is 16.0 Å². The van der Waals surface area contributed by atoms with Crippen LogP contribution in [-0.4, -0.2) is 21.1 Å². The lowest BCUT2D eigenvalue weighted by Gasteiger charge is -2.02. The SMILES string of the molecule is O=C(Nc1nnc(-c2cccnc2)s1)c1cc2cc(Br)ccc2oc1=O. The third-order valence-electron chi connectivity index (χ3n) is 3.49. The Morgan fingerprint density at radius 3 is 2.88 bits per heavy atom. The molecule has 0 saturated carbocycles. The predicted molar refractivity (Wildman–Crippen MR) is 101 cm³/mol. The zero-order valence-electron chi connectivity index (χ0n) is 13.0. The summed E-state index contributed by atoms with van der Waals surface area (Å²) in [4.78, 5) is 28.6. The summed E-state index contributed by atoms with van der Waals surface area (Å²) in [5, 5.41) is 12.1. The van der Waals surface area contributed by atoms with Crippen LogP contribution in [0.2, 0.25) is 0 Å². The summed E-state index contributed by atoms with van der Waals surface area (Å²) < 4.78 is 6.02. The molecule has 0 spiro atoms. The first kappa shape index (κ1) is 16.6. The van der Waals surface area contributed by atoms with Crippen LogP contribution in [0.5, 0.6) is 0 Å². The molecule has 9 heteroatoms. The molecule has 7 nitrogen and oxygen atoms in total. The number of carbonyl (C=O) groups excluding carboxylic acids is 1. The number of aromatic nitrogens is 3. The van der Waals surface area contributed by atoms with Crippen molar-refractivity contribution in [1.29, 1.82) is 0 Å². The van der Waals surface area contributed by atoms with Crippen molar-refractivity contribution in [3.8, 4) is 10.6 Å². The van der Waals surface area contributed by atoms with Crippen LogP contribution in [-0.2, 0) is 0 Å². The third kappa shape index (κ3) is 3.26. The van der Waals surface area contributed by atoms with E-state index in [1.54, 1.807) is 36.7 Å². The molecule has 0 aliphatic heterocycles. The van der Waals surface area contributed by atoms with Gasteiger partial charge in [0.25, 0.3) is 5.91 Å². The van der Waals surface area contributed by atoms with Gasteiger partial charge in [-0.15, -0.1) is 10.2 Å². The molecule has 0 saturated heterocycles. The smallest absolute Gasteiger partial charge is 0.349 e. The van der Waals surface area contributed by atoms with Gasteiger partial charge >= 0.3 is 5.63 Å². The maximum atomic E-state index is 12.5. The Morgan fingerprint density at radius 1 is 1.19 bits per heavy atom. The Hall–Kier alpha value is -2.91. The van der Waals surface area contributed by atoms with Crippen molar-refractivity contribution in [2.45, 2.75) is 0 Å². The van der Waals surface area contributed by atoms with E-state index < -0.39 is 11.5 Å². The lowest BCUT2D eigenvalue weighted by Crippen LogP contribution is -2.20. The number of nitrogens with one attached hydrogen (secondary N) is 1. The van der Waals surface area contributed by atoms with Crippen molar-refractivity contribution >= 4 is 49.3 Å². The van der Waals surface area contributed by atoms with Crippen molar-refractivity contribution in [3.05, 3.63) is 69.2 Å². The van der Waals surface area contributed by atoms with Crippen LogP contribution >= 0.6 is 27.3 Å². The van der Waals surface area contributed by atoms with E-state index >= 15 is 0 Å². The molecule has 0 radical (unpaired) electrons. The highest BCUT2D eigenvalue weighted by atomic mass is 79.9. The van der Waals surface area contributed by atoms with Gasteiger partial charge in [0.2, 0.25) is 5.13 Å². The normalized spacial score (nSPS) is 10.8. The van der Waals surface area contributed by atoms with Crippen LogP contribution in [0.1, 0.15) is 10.4 Å². The first-order valence-electron chi connectivity index (χ1n) is 7.39. The maximum absolute atomic E-state index is 12.5. The number of halogens is 1. The van der Waals surface area contributed by atoms with Gasteiger partial charge in [-0.1, -0.05) is 27.3 Å². The molecule has 4 aromatic rings. The number of amides is 1. The molecule has 26 heavy (non-hydrogen) atoms. The van der Waals surface area contributed by atoms with E-state index in [2.05, 4.69) is 36.4 Å². The number of hydrogen-bond acceptors (Lipinski definition) is 7. The van der Waals surface area contributed by atoms with E-state index in [4.69, 9.17) is 4.42 Å². The Labute approximate surface area is 158 Å². The Balaban J connectivity index is 1.63. The highest BCUT2D eigenvalue weighted by Gasteiger charge is 2.16. The minimum Gasteiger partial charge on any atom is -0.422 e. The van der Waals surface area contributed by atoms with Crippen molar-refractivity contribution in [2.75, 3.05) is 5.32 Å². The number of nitrogens with zero attached hydrogens (tertiary/aromatic N) is 3. The second-order valence-electron chi connectivity index (χ2n) is 5.24. The van der Waals surface area contributed by atoms with Gasteiger partial charge in [0.1, 0.15) is 11.1 Å². The zero-order chi connectivity index (χ0) is 18.1. The number of pyridine rings is 1. The van der Waals surface area contributed by atoms with Gasteiger partial charge in [-0.2, -0.15) is 0 Å². The van der Waals surface area contributed by atoms with Crippen molar-refractivity contribution < 1.29 is 9.21 Å². The Kier molecular flexibility index (Phi) is 4.31. The monoisotopic (exact) mass is 428 g/mol. The van der Waals surface area contributed by atoms with E-state index in [1.807, 2.05) is 6.07 Å². The molecule has 0 bridgehead atoms. The third-order valence-corrected chi connectivity index (χ3v) is 4.87. The molecule has 128 valence electrons. The average Bonchev–Trinajstić information content (AvgIpc) is 3.10. The molecule has 0 aliphatic carbocycles. The molecule has 3 heterocycles. The van der Waals surface area contributed by atoms with Crippen LogP contribution in [0.3, 0.4) is 0 Å². The number of rotatable bonds is 3. The van der Waals surface area contributed by atoms with Crippen LogP contribution in [0.25, 0.3) is 21.5 Å². The van der Waals surface area contributed by atoms with Crippen molar-refractivity contribution in [2.24, 2.45) is 0 Å². The topological polar surface area (TPSA) is 98.0 Å². The summed E-state index contributed by atoms with van der Waals surface area (Å²) in [7, 11) is 0. The molecule has 0 fully saturated rings. The van der Waals surface area contributed by atoms with E-state index in [0.717, 1.165) is 10.0 Å². The molecule has 4 rings (SSSR count). The van der Waals surface area contributed by atoms with Gasteiger partial charge in [-0.3, -0.25) is 15.1 Å². The summed E-state index contributed by atoms with van der Waals surface area (Å²) in [6.45, 7) is 0. The standard InChI is InChI=1S/C17H9BrN4O3S/c18-11-3-4-13-10(6-11)7-12(16(24)25-13)14(23)20-17-22-21-15(26-17)9-2-1-5-19-8-9/h1-8H,(H,20,22,23). The van der Waals surface area contributed by atoms with Gasteiger partial charge in [-0.25, -0.2) is 4.79 Å². The lowest BCUT2D eigenvalue weighted by molar-refractivity contribution is 0.102. The van der Waals surface area contributed by atoms with Gasteiger partial charge in [0.15, 0.2) is 5.01 Å². The molecular weight excluding hydrogens is 420 g/mol. The minimum atomic E-state index is -0.714. The fourth-order valence-corrected chi connectivity index (χ4v) is 3.40. The number of benzene rings is 1. The maximum Gasteiger partial charge on any atom is 0.349 e. The first-order valence-corrected chi connectivity index (χ1v) is 9.00. The van der Waals surface area contributed by atoms with Gasteiger partial charge in [0, 0.05) is 27.8 Å². The van der Waals surface area contributed by atoms with E-state index in [9.17, 15) is 9.59 Å². The highest BCUT2D eigenvalue weighted by molar-refractivity contribution is 9.10. The number of hydrogen-bond donors (Lipinski definition) is 1. The zero-order valence-corrected chi connectivity index (χ0v) is 15.4. The minimum absolute atomic E-state index is 0.103. The number of carbonyl (C=O) groups is 1. The fourth-order valence-electron chi connectivity index (χ4n) is 2.30. The Bertz CT molecular complexity index is 1170. The summed E-state index contributed by atoms with van der Waals surface area (Å²) in [5.41, 5.74) is 0.383. The van der Waals surface area contributed by atoms with E-state index in [-0.39, 0.29) is 10.7 Å². The van der Waals surface area contributed by atoms with Crippen LogP contribution in [0.15, 0.2) is 62.5 Å². The second kappa shape index (κ2) is 6.77. The van der Waals surface area contributed by atoms with Crippen molar-refractivity contribution in [3.63, 3.8) is 0 Å². The summed E-state index contributed by atoms with van der Waals surface area (Å²) in [5.74, 6) is -0.602. The van der Waals surface area contributed by atoms with Crippen LogP contribution < -0.4 is 10.9 Å². The van der Waals surface area contributed by atoms with E-state index in [1.165, 1.54) is 17.4 Å². The molecule has 0 unspecified atom stereocenters. The van der Waals surface area contributed by atoms with Crippen LogP contribution in [0, 0.1) is 0 Å².